The predicted octanol–water partition coefficient (Wildman–Crippen LogP) is 12.2. The van der Waals surface area contributed by atoms with E-state index in [4.69, 9.17) is 0 Å². The highest BCUT2D eigenvalue weighted by atomic mass is 15.0. The first-order valence-corrected chi connectivity index (χ1v) is 17.1. The summed E-state index contributed by atoms with van der Waals surface area (Å²) in [4.78, 5) is 0. The van der Waals surface area contributed by atoms with Gasteiger partial charge in [-0.25, -0.2) is 0 Å². The molecule has 10 aromatic rings. The predicted molar refractivity (Wildman–Crippen MR) is 208 cm³/mol. The highest BCUT2D eigenvalue weighted by Crippen LogP contribution is 2.39. The zero-order valence-corrected chi connectivity index (χ0v) is 28.1. The molecule has 0 atom stereocenters. The van der Waals surface area contributed by atoms with E-state index in [-0.39, 0.29) is 0 Å². The second kappa shape index (κ2) is 10.2. The monoisotopic (exact) mass is 629 g/mol. The minimum atomic E-state index is 1.15. The first-order valence-electron chi connectivity index (χ1n) is 17.1. The number of rotatable bonds is 3. The maximum Gasteiger partial charge on any atom is 0.0561 e. The zero-order valence-electron chi connectivity index (χ0n) is 28.1. The van der Waals surface area contributed by atoms with Crippen LogP contribution in [0.1, 0.15) is 22.3 Å². The van der Waals surface area contributed by atoms with Crippen molar-refractivity contribution in [2.45, 2.75) is 27.7 Å². The molecule has 0 radical (unpaired) electrons. The van der Waals surface area contributed by atoms with Crippen LogP contribution in [0.4, 0.5) is 0 Å². The van der Waals surface area contributed by atoms with Gasteiger partial charge in [0.25, 0.3) is 0 Å². The molecule has 10 rings (SSSR count). The van der Waals surface area contributed by atoms with E-state index in [2.05, 4.69) is 181 Å². The molecule has 7 aromatic carbocycles. The Hall–Kier alpha value is -6.06. The molecule has 0 amide bonds. The van der Waals surface area contributed by atoms with Gasteiger partial charge in [-0.3, -0.25) is 0 Å². The highest BCUT2D eigenvalue weighted by molar-refractivity contribution is 6.13. The van der Waals surface area contributed by atoms with Crippen molar-refractivity contribution in [1.82, 2.24) is 13.7 Å². The van der Waals surface area contributed by atoms with E-state index in [1.807, 2.05) is 0 Å². The van der Waals surface area contributed by atoms with Crippen LogP contribution in [0, 0.1) is 27.7 Å². The number of aromatic nitrogens is 3. The van der Waals surface area contributed by atoms with Crippen LogP contribution in [-0.4, -0.2) is 13.7 Å². The molecule has 234 valence electrons. The van der Waals surface area contributed by atoms with Crippen molar-refractivity contribution in [3.05, 3.63) is 162 Å². The van der Waals surface area contributed by atoms with Crippen LogP contribution < -0.4 is 0 Å². The molecule has 0 fully saturated rings. The minimum Gasteiger partial charge on any atom is -0.309 e. The number of para-hydroxylation sites is 1. The van der Waals surface area contributed by atoms with Crippen molar-refractivity contribution >= 4 is 65.4 Å². The quantitative estimate of drug-likeness (QED) is 0.185. The van der Waals surface area contributed by atoms with Crippen LogP contribution in [0.3, 0.4) is 0 Å². The van der Waals surface area contributed by atoms with Gasteiger partial charge in [0.05, 0.1) is 33.1 Å². The molecule has 0 spiro atoms. The molecule has 0 aliphatic rings. The Kier molecular flexibility index (Phi) is 5.84. The molecule has 49 heavy (non-hydrogen) atoms. The Labute approximate surface area is 284 Å². The van der Waals surface area contributed by atoms with Gasteiger partial charge in [-0.1, -0.05) is 76.9 Å². The molecule has 0 aliphatic carbocycles. The number of hydrogen-bond acceptors (Lipinski definition) is 0. The molecule has 3 aromatic heterocycles. The van der Waals surface area contributed by atoms with E-state index in [9.17, 15) is 0 Å². The van der Waals surface area contributed by atoms with Gasteiger partial charge in [0, 0.05) is 49.4 Å². The van der Waals surface area contributed by atoms with E-state index in [0.29, 0.717) is 0 Å². The minimum absolute atomic E-state index is 1.15. The Morgan fingerprint density at radius 3 is 0.980 bits per heavy atom. The number of hydrogen-bond donors (Lipinski definition) is 0. The van der Waals surface area contributed by atoms with Gasteiger partial charge in [-0.15, -0.1) is 0 Å². The molecular formula is C46H35N3. The molecule has 0 bridgehead atoms. The van der Waals surface area contributed by atoms with Gasteiger partial charge in [0.15, 0.2) is 0 Å². The summed E-state index contributed by atoms with van der Waals surface area (Å²) in [5, 5.41) is 7.67. The summed E-state index contributed by atoms with van der Waals surface area (Å²) in [5.41, 5.74) is 15.9. The average Bonchev–Trinajstić information content (AvgIpc) is 3.72. The summed E-state index contributed by atoms with van der Waals surface area (Å²) >= 11 is 0. The van der Waals surface area contributed by atoms with Crippen molar-refractivity contribution in [2.24, 2.45) is 0 Å². The van der Waals surface area contributed by atoms with E-state index >= 15 is 0 Å². The number of fused-ring (bicyclic) bond motifs is 9. The molecule has 3 heteroatoms. The van der Waals surface area contributed by atoms with E-state index in [0.717, 1.165) is 17.1 Å². The second-order valence-electron chi connectivity index (χ2n) is 13.8. The van der Waals surface area contributed by atoms with E-state index in [1.54, 1.807) is 0 Å². The fraction of sp³-hybridized carbons (Fsp3) is 0.0870. The molecule has 0 aliphatic heterocycles. The zero-order chi connectivity index (χ0) is 33.0. The molecule has 3 heterocycles. The lowest BCUT2D eigenvalue weighted by Gasteiger charge is -2.12. The van der Waals surface area contributed by atoms with Crippen molar-refractivity contribution in [1.29, 1.82) is 0 Å². The molecular weight excluding hydrogens is 595 g/mol. The third-order valence-corrected chi connectivity index (χ3v) is 10.4. The SMILES string of the molecule is Cc1ccc2c(c1)c1cc(C)ccc1n2-c1ccc2c3ccc(-n4c5ccc(C)cc5c5cc(C)ccc54)cc3n(-c3ccccc3)c2c1. The molecule has 3 nitrogen and oxygen atoms in total. The fourth-order valence-corrected chi connectivity index (χ4v) is 8.19. The van der Waals surface area contributed by atoms with E-state index < -0.39 is 0 Å². The molecule has 0 saturated heterocycles. The van der Waals surface area contributed by atoms with Crippen molar-refractivity contribution in [3.63, 3.8) is 0 Å². The summed E-state index contributed by atoms with van der Waals surface area (Å²) in [5.74, 6) is 0. The lowest BCUT2D eigenvalue weighted by Crippen LogP contribution is -1.98. The van der Waals surface area contributed by atoms with Gasteiger partial charge < -0.3 is 13.7 Å². The van der Waals surface area contributed by atoms with Crippen LogP contribution in [0.5, 0.6) is 0 Å². The highest BCUT2D eigenvalue weighted by Gasteiger charge is 2.19. The smallest absolute Gasteiger partial charge is 0.0561 e. The standard InChI is InChI=1S/C46H35N3/c1-28-10-18-41-37(22-28)38-23-29(2)11-19-42(38)48(41)33-14-16-35-36-17-15-34(27-46(36)47(45(35)26-33)32-8-6-5-7-9-32)49-43-20-12-30(3)24-39(43)40-25-31(4)13-21-44(40)49/h5-27H,1-4H3. The van der Waals surface area contributed by atoms with Gasteiger partial charge in [0.2, 0.25) is 0 Å². The molecule has 0 unspecified atom stereocenters. The van der Waals surface area contributed by atoms with Gasteiger partial charge in [0.1, 0.15) is 0 Å². The number of benzene rings is 7. The first-order chi connectivity index (χ1) is 23.9. The van der Waals surface area contributed by atoms with E-state index in [1.165, 1.54) is 87.7 Å². The van der Waals surface area contributed by atoms with Crippen LogP contribution in [0.2, 0.25) is 0 Å². The van der Waals surface area contributed by atoms with Crippen molar-refractivity contribution in [2.75, 3.05) is 0 Å². The largest absolute Gasteiger partial charge is 0.309 e. The Bertz CT molecular complexity index is 2670. The first kappa shape index (κ1) is 28.0. The van der Waals surface area contributed by atoms with Gasteiger partial charge >= 0.3 is 0 Å². The summed E-state index contributed by atoms with van der Waals surface area (Å²) in [7, 11) is 0. The van der Waals surface area contributed by atoms with Crippen molar-refractivity contribution < 1.29 is 0 Å². The van der Waals surface area contributed by atoms with Crippen LogP contribution in [0.15, 0.2) is 140 Å². The van der Waals surface area contributed by atoms with Crippen LogP contribution >= 0.6 is 0 Å². The summed E-state index contributed by atoms with van der Waals surface area (Å²) < 4.78 is 7.31. The van der Waals surface area contributed by atoms with Crippen LogP contribution in [0.25, 0.3) is 82.5 Å². The number of nitrogens with zero attached hydrogens (tertiary/aromatic N) is 3. The lowest BCUT2D eigenvalue weighted by atomic mass is 10.1. The Morgan fingerprint density at radius 1 is 0.265 bits per heavy atom. The number of aryl methyl sites for hydroxylation is 4. The third-order valence-electron chi connectivity index (χ3n) is 10.4. The Balaban J connectivity index is 1.28. The van der Waals surface area contributed by atoms with Gasteiger partial charge in [-0.05, 0) is 113 Å². The normalized spacial score (nSPS) is 12.1. The molecule has 0 saturated carbocycles. The van der Waals surface area contributed by atoms with Gasteiger partial charge in [-0.2, -0.15) is 0 Å². The maximum atomic E-state index is 2.45. The Morgan fingerprint density at radius 2 is 0.612 bits per heavy atom. The molecule has 0 N–H and O–H groups in total. The van der Waals surface area contributed by atoms with Crippen LogP contribution in [-0.2, 0) is 0 Å². The topological polar surface area (TPSA) is 14.8 Å². The summed E-state index contributed by atoms with van der Waals surface area (Å²) in [6.07, 6.45) is 0. The lowest BCUT2D eigenvalue weighted by molar-refractivity contribution is 1.14. The third kappa shape index (κ3) is 4.09. The second-order valence-corrected chi connectivity index (χ2v) is 13.8. The fourth-order valence-electron chi connectivity index (χ4n) is 8.19. The maximum absolute atomic E-state index is 2.45. The summed E-state index contributed by atoms with van der Waals surface area (Å²) in [6, 6.07) is 52.1. The van der Waals surface area contributed by atoms with Crippen molar-refractivity contribution in [3.8, 4) is 17.1 Å². The average molecular weight is 630 g/mol. The summed E-state index contributed by atoms with van der Waals surface area (Å²) in [6.45, 7) is 8.72.